The van der Waals surface area contributed by atoms with Crippen LogP contribution in [0.15, 0.2) is 18.2 Å². The van der Waals surface area contributed by atoms with E-state index in [0.29, 0.717) is 30.5 Å². The summed E-state index contributed by atoms with van der Waals surface area (Å²) in [7, 11) is 0. The summed E-state index contributed by atoms with van der Waals surface area (Å²) < 4.78 is 7.22. The number of primary amides is 1. The van der Waals surface area contributed by atoms with Crippen molar-refractivity contribution in [3.05, 3.63) is 35.2 Å². The molecule has 0 aliphatic carbocycles. The standard InChI is InChI=1S/C16H17N5O3/c17-14(22)11-5-4-10-3-1-6-20(15(10)18-11)16(23)12-9-13-21(19-12)7-2-8-24-13/h4-5,9H,1-3,6-8H2,(H2,17,22). The number of ether oxygens (including phenoxy) is 1. The summed E-state index contributed by atoms with van der Waals surface area (Å²) in [5.41, 5.74) is 6.72. The number of fused-ring (bicyclic) bond motifs is 2. The molecule has 0 unspecified atom stereocenters. The Labute approximate surface area is 138 Å². The van der Waals surface area contributed by atoms with E-state index in [-0.39, 0.29) is 11.6 Å². The zero-order chi connectivity index (χ0) is 16.7. The van der Waals surface area contributed by atoms with Gasteiger partial charge < -0.3 is 10.5 Å². The molecule has 4 heterocycles. The summed E-state index contributed by atoms with van der Waals surface area (Å²) in [6, 6.07) is 5.06. The van der Waals surface area contributed by atoms with Crippen molar-refractivity contribution in [3.63, 3.8) is 0 Å². The molecular formula is C16H17N5O3. The first kappa shape index (κ1) is 14.7. The van der Waals surface area contributed by atoms with Gasteiger partial charge in [-0.25, -0.2) is 9.67 Å². The van der Waals surface area contributed by atoms with Crippen molar-refractivity contribution in [1.29, 1.82) is 0 Å². The quantitative estimate of drug-likeness (QED) is 0.877. The number of pyridine rings is 1. The van der Waals surface area contributed by atoms with E-state index in [1.54, 1.807) is 21.7 Å². The maximum Gasteiger partial charge on any atom is 0.280 e. The highest BCUT2D eigenvalue weighted by molar-refractivity contribution is 6.05. The first-order valence-corrected chi connectivity index (χ1v) is 7.96. The Morgan fingerprint density at radius 3 is 2.83 bits per heavy atom. The summed E-state index contributed by atoms with van der Waals surface area (Å²) in [5.74, 6) is 0.257. The Kier molecular flexibility index (Phi) is 3.44. The van der Waals surface area contributed by atoms with Crippen molar-refractivity contribution >= 4 is 17.6 Å². The van der Waals surface area contributed by atoms with Crippen LogP contribution in [0.5, 0.6) is 5.88 Å². The highest BCUT2D eigenvalue weighted by Crippen LogP contribution is 2.28. The number of nitrogens with zero attached hydrogens (tertiary/aromatic N) is 4. The van der Waals surface area contributed by atoms with Gasteiger partial charge in [-0.1, -0.05) is 6.07 Å². The topological polar surface area (TPSA) is 103 Å². The van der Waals surface area contributed by atoms with Crippen molar-refractivity contribution < 1.29 is 14.3 Å². The molecule has 2 aromatic heterocycles. The molecule has 8 nitrogen and oxygen atoms in total. The smallest absolute Gasteiger partial charge is 0.280 e. The lowest BCUT2D eigenvalue weighted by molar-refractivity contribution is 0.0971. The second-order valence-electron chi connectivity index (χ2n) is 5.90. The number of hydrogen-bond donors (Lipinski definition) is 1. The predicted molar refractivity (Wildman–Crippen MR) is 85.1 cm³/mol. The maximum atomic E-state index is 12.9. The molecule has 2 N–H and O–H groups in total. The minimum absolute atomic E-state index is 0.154. The molecule has 2 amide bonds. The molecule has 0 spiro atoms. The zero-order valence-corrected chi connectivity index (χ0v) is 13.1. The molecule has 0 atom stereocenters. The van der Waals surface area contributed by atoms with Crippen LogP contribution in [-0.2, 0) is 13.0 Å². The van der Waals surface area contributed by atoms with Crippen LogP contribution in [0.4, 0.5) is 5.82 Å². The van der Waals surface area contributed by atoms with Gasteiger partial charge in [-0.15, -0.1) is 0 Å². The minimum Gasteiger partial charge on any atom is -0.478 e. The third-order valence-electron chi connectivity index (χ3n) is 4.26. The summed E-state index contributed by atoms with van der Waals surface area (Å²) in [4.78, 5) is 30.1. The first-order valence-electron chi connectivity index (χ1n) is 7.96. The van der Waals surface area contributed by atoms with Crippen LogP contribution >= 0.6 is 0 Å². The van der Waals surface area contributed by atoms with Gasteiger partial charge in [0.1, 0.15) is 11.5 Å². The average molecular weight is 327 g/mol. The summed E-state index contributed by atoms with van der Waals surface area (Å²) >= 11 is 0. The van der Waals surface area contributed by atoms with E-state index in [1.807, 2.05) is 6.07 Å². The van der Waals surface area contributed by atoms with Crippen molar-refractivity contribution in [2.45, 2.75) is 25.8 Å². The largest absolute Gasteiger partial charge is 0.478 e. The second-order valence-corrected chi connectivity index (χ2v) is 5.90. The molecule has 2 aromatic rings. The van der Waals surface area contributed by atoms with E-state index in [9.17, 15) is 9.59 Å². The molecule has 0 bridgehead atoms. The lowest BCUT2D eigenvalue weighted by atomic mass is 10.0. The Balaban J connectivity index is 1.70. The maximum absolute atomic E-state index is 12.9. The van der Waals surface area contributed by atoms with Gasteiger partial charge in [0.15, 0.2) is 5.69 Å². The number of carbonyl (C=O) groups excluding carboxylic acids is 2. The number of aryl methyl sites for hydroxylation is 2. The molecule has 0 saturated carbocycles. The third kappa shape index (κ3) is 2.40. The number of anilines is 1. The first-order chi connectivity index (χ1) is 11.6. The molecular weight excluding hydrogens is 310 g/mol. The highest BCUT2D eigenvalue weighted by atomic mass is 16.5. The van der Waals surface area contributed by atoms with E-state index in [1.165, 1.54) is 0 Å². The molecule has 0 aromatic carbocycles. The lowest BCUT2D eigenvalue weighted by Gasteiger charge is -2.27. The molecule has 2 aliphatic rings. The number of carbonyl (C=O) groups is 2. The number of aromatic nitrogens is 3. The fraction of sp³-hybridized carbons (Fsp3) is 0.375. The van der Waals surface area contributed by atoms with Crippen LogP contribution < -0.4 is 15.4 Å². The minimum atomic E-state index is -0.610. The van der Waals surface area contributed by atoms with Crippen molar-refractivity contribution in [1.82, 2.24) is 14.8 Å². The number of nitrogens with two attached hydrogens (primary N) is 1. The molecule has 2 aliphatic heterocycles. The Bertz CT molecular complexity index is 806. The molecule has 0 radical (unpaired) electrons. The molecule has 4 rings (SSSR count). The van der Waals surface area contributed by atoms with E-state index < -0.39 is 5.91 Å². The van der Waals surface area contributed by atoms with Gasteiger partial charge in [-0.05, 0) is 24.5 Å². The van der Waals surface area contributed by atoms with E-state index in [2.05, 4.69) is 10.1 Å². The summed E-state index contributed by atoms with van der Waals surface area (Å²) in [6.45, 7) is 1.91. The molecule has 0 saturated heterocycles. The summed E-state index contributed by atoms with van der Waals surface area (Å²) in [6.07, 6.45) is 2.52. The van der Waals surface area contributed by atoms with Gasteiger partial charge >= 0.3 is 0 Å². The van der Waals surface area contributed by atoms with Crippen LogP contribution in [0.1, 0.15) is 39.4 Å². The third-order valence-corrected chi connectivity index (χ3v) is 4.26. The predicted octanol–water partition coefficient (Wildman–Crippen LogP) is 0.752. The van der Waals surface area contributed by atoms with E-state index in [4.69, 9.17) is 10.5 Å². The molecule has 124 valence electrons. The van der Waals surface area contributed by atoms with Gasteiger partial charge in [0, 0.05) is 25.6 Å². The van der Waals surface area contributed by atoms with Crippen LogP contribution in [0.3, 0.4) is 0 Å². The lowest BCUT2D eigenvalue weighted by Crippen LogP contribution is -2.37. The van der Waals surface area contributed by atoms with Crippen molar-refractivity contribution in [3.8, 4) is 5.88 Å². The van der Waals surface area contributed by atoms with Gasteiger partial charge in [0.25, 0.3) is 11.8 Å². The van der Waals surface area contributed by atoms with Crippen LogP contribution in [-0.4, -0.2) is 39.7 Å². The van der Waals surface area contributed by atoms with Crippen molar-refractivity contribution in [2.24, 2.45) is 5.73 Å². The summed E-state index contributed by atoms with van der Waals surface area (Å²) in [5, 5.41) is 4.34. The Morgan fingerprint density at radius 1 is 1.17 bits per heavy atom. The monoisotopic (exact) mass is 327 g/mol. The van der Waals surface area contributed by atoms with E-state index >= 15 is 0 Å². The van der Waals surface area contributed by atoms with Gasteiger partial charge in [0.2, 0.25) is 5.88 Å². The van der Waals surface area contributed by atoms with Crippen LogP contribution in [0.25, 0.3) is 0 Å². The Hall–Kier alpha value is -2.90. The highest BCUT2D eigenvalue weighted by Gasteiger charge is 2.28. The number of rotatable bonds is 2. The van der Waals surface area contributed by atoms with Crippen LogP contribution in [0, 0.1) is 0 Å². The van der Waals surface area contributed by atoms with E-state index in [0.717, 1.165) is 31.4 Å². The molecule has 24 heavy (non-hydrogen) atoms. The van der Waals surface area contributed by atoms with Gasteiger partial charge in [-0.2, -0.15) is 5.10 Å². The SMILES string of the molecule is NC(=O)c1ccc2c(n1)N(C(=O)c1cc3n(n1)CCCO3)CCC2. The number of hydrogen-bond acceptors (Lipinski definition) is 5. The van der Waals surface area contributed by atoms with Gasteiger partial charge in [-0.3, -0.25) is 14.5 Å². The van der Waals surface area contributed by atoms with Crippen molar-refractivity contribution in [2.75, 3.05) is 18.1 Å². The average Bonchev–Trinajstić information content (AvgIpc) is 3.04. The molecule has 0 fully saturated rings. The fourth-order valence-corrected chi connectivity index (χ4v) is 3.08. The fourth-order valence-electron chi connectivity index (χ4n) is 3.08. The molecule has 8 heteroatoms. The zero-order valence-electron chi connectivity index (χ0n) is 13.1. The second kappa shape index (κ2) is 5.63. The number of amides is 2. The Morgan fingerprint density at radius 2 is 2.04 bits per heavy atom. The van der Waals surface area contributed by atoms with Crippen LogP contribution in [0.2, 0.25) is 0 Å². The van der Waals surface area contributed by atoms with Gasteiger partial charge in [0.05, 0.1) is 6.61 Å². The normalized spacial score (nSPS) is 16.1.